The highest BCUT2D eigenvalue weighted by Gasteiger charge is 2.26. The minimum atomic E-state index is -0.863. The summed E-state index contributed by atoms with van der Waals surface area (Å²) in [5.74, 6) is 2.19. The molecule has 1 fully saturated rings. The van der Waals surface area contributed by atoms with Crippen LogP contribution in [0.4, 0.5) is 0 Å². The van der Waals surface area contributed by atoms with E-state index in [1.165, 1.54) is 12.8 Å². The molecule has 1 N–H and O–H groups in total. The molecule has 0 bridgehead atoms. The number of hydrogen-bond acceptors (Lipinski definition) is 2. The summed E-state index contributed by atoms with van der Waals surface area (Å²) in [4.78, 5) is 23.7. The van der Waals surface area contributed by atoms with Crippen LogP contribution in [0.15, 0.2) is 0 Å². The van der Waals surface area contributed by atoms with Crippen LogP contribution >= 0.6 is 0 Å². The van der Waals surface area contributed by atoms with Gasteiger partial charge in [-0.1, -0.05) is 5.92 Å². The number of carbonyl (C=O) groups is 2. The van der Waals surface area contributed by atoms with Crippen LogP contribution in [-0.4, -0.2) is 35.0 Å². The number of carboxylic acid groups (broad SMARTS) is 1. The molecule has 88 valence electrons. The predicted octanol–water partition coefficient (Wildman–Crippen LogP) is 1.11. The summed E-state index contributed by atoms with van der Waals surface area (Å²) in [5.41, 5.74) is 0. The van der Waals surface area contributed by atoms with Gasteiger partial charge in [-0.15, -0.1) is 6.42 Å². The molecule has 4 heteroatoms. The number of rotatable bonds is 7. The first-order chi connectivity index (χ1) is 7.63. The summed E-state index contributed by atoms with van der Waals surface area (Å²) in [5, 5.41) is 8.47. The lowest BCUT2D eigenvalue weighted by Crippen LogP contribution is -2.33. The van der Waals surface area contributed by atoms with E-state index in [1.807, 2.05) is 0 Å². The topological polar surface area (TPSA) is 57.6 Å². The lowest BCUT2D eigenvalue weighted by molar-refractivity contribution is -0.137. The Morgan fingerprint density at radius 1 is 1.38 bits per heavy atom. The van der Waals surface area contributed by atoms with Gasteiger partial charge in [0.05, 0.1) is 6.54 Å². The molecule has 0 atom stereocenters. The Labute approximate surface area is 95.6 Å². The van der Waals surface area contributed by atoms with E-state index in [-0.39, 0.29) is 18.7 Å². The maximum Gasteiger partial charge on any atom is 0.303 e. The predicted molar refractivity (Wildman–Crippen MR) is 59.6 cm³/mol. The smallest absolute Gasteiger partial charge is 0.303 e. The first-order valence-corrected chi connectivity index (χ1v) is 5.56. The van der Waals surface area contributed by atoms with Crippen LogP contribution in [0.1, 0.15) is 32.1 Å². The molecule has 1 saturated carbocycles. The van der Waals surface area contributed by atoms with Crippen molar-refractivity contribution in [2.75, 3.05) is 13.1 Å². The Balaban J connectivity index is 2.28. The minimum Gasteiger partial charge on any atom is -0.481 e. The van der Waals surface area contributed by atoms with Crippen molar-refractivity contribution in [2.24, 2.45) is 5.92 Å². The van der Waals surface area contributed by atoms with Crippen molar-refractivity contribution in [1.82, 2.24) is 4.90 Å². The highest BCUT2D eigenvalue weighted by Crippen LogP contribution is 2.29. The molecular weight excluding hydrogens is 206 g/mol. The molecule has 0 saturated heterocycles. The van der Waals surface area contributed by atoms with Crippen LogP contribution < -0.4 is 0 Å². The number of carboxylic acids is 1. The molecule has 0 unspecified atom stereocenters. The Morgan fingerprint density at radius 2 is 2.06 bits per heavy atom. The van der Waals surface area contributed by atoms with Gasteiger partial charge in [0.15, 0.2) is 0 Å². The molecule has 0 radical (unpaired) electrons. The Morgan fingerprint density at radius 3 is 2.56 bits per heavy atom. The minimum absolute atomic E-state index is 0.0221. The summed E-state index contributed by atoms with van der Waals surface area (Å²) in [6.07, 6.45) is 8.25. The van der Waals surface area contributed by atoms with Crippen LogP contribution in [0.25, 0.3) is 0 Å². The van der Waals surface area contributed by atoms with Crippen molar-refractivity contribution in [2.45, 2.75) is 32.1 Å². The number of amides is 1. The number of hydrogen-bond donors (Lipinski definition) is 1. The zero-order valence-corrected chi connectivity index (χ0v) is 9.32. The third-order valence-electron chi connectivity index (χ3n) is 2.59. The molecule has 1 aliphatic rings. The lowest BCUT2D eigenvalue weighted by Gasteiger charge is -2.19. The zero-order valence-electron chi connectivity index (χ0n) is 9.32. The number of terminal acetylenes is 1. The normalized spacial score (nSPS) is 14.2. The monoisotopic (exact) mass is 223 g/mol. The molecule has 0 aromatic heterocycles. The molecule has 0 spiro atoms. The Kier molecular flexibility index (Phi) is 4.84. The van der Waals surface area contributed by atoms with Gasteiger partial charge in [-0.25, -0.2) is 0 Å². The van der Waals surface area contributed by atoms with Gasteiger partial charge in [-0.05, 0) is 25.2 Å². The van der Waals surface area contributed by atoms with Crippen molar-refractivity contribution in [1.29, 1.82) is 0 Å². The van der Waals surface area contributed by atoms with Gasteiger partial charge in [-0.2, -0.15) is 0 Å². The fourth-order valence-electron chi connectivity index (χ4n) is 1.53. The maximum atomic E-state index is 11.7. The molecule has 0 heterocycles. The summed E-state index contributed by atoms with van der Waals surface area (Å²) in [6.45, 7) is 1.07. The first kappa shape index (κ1) is 12.6. The standard InChI is InChI=1S/C12H17NO3/c1-2-8-13(9-10-6-7-10)11(14)4-3-5-12(15)16/h1,10H,3-9H2,(H,15,16). The van der Waals surface area contributed by atoms with Crippen LogP contribution in [0.3, 0.4) is 0 Å². The summed E-state index contributed by atoms with van der Waals surface area (Å²) in [7, 11) is 0. The maximum absolute atomic E-state index is 11.7. The van der Waals surface area contributed by atoms with Crippen LogP contribution in [-0.2, 0) is 9.59 Å². The van der Waals surface area contributed by atoms with Gasteiger partial charge >= 0.3 is 5.97 Å². The van der Waals surface area contributed by atoms with E-state index in [1.54, 1.807) is 4.90 Å². The highest BCUT2D eigenvalue weighted by atomic mass is 16.4. The van der Waals surface area contributed by atoms with Crippen molar-refractivity contribution < 1.29 is 14.7 Å². The molecule has 0 aromatic rings. The molecule has 4 nitrogen and oxygen atoms in total. The Bertz CT molecular complexity index is 302. The molecule has 1 rings (SSSR count). The van der Waals surface area contributed by atoms with E-state index >= 15 is 0 Å². The van der Waals surface area contributed by atoms with Gasteiger partial charge in [0.1, 0.15) is 0 Å². The van der Waals surface area contributed by atoms with Crippen molar-refractivity contribution in [3.05, 3.63) is 0 Å². The van der Waals surface area contributed by atoms with Gasteiger partial charge in [0, 0.05) is 19.4 Å². The van der Waals surface area contributed by atoms with Gasteiger partial charge in [0.2, 0.25) is 5.91 Å². The third-order valence-corrected chi connectivity index (χ3v) is 2.59. The third kappa shape index (κ3) is 4.83. The van der Waals surface area contributed by atoms with E-state index in [9.17, 15) is 9.59 Å². The number of aliphatic carboxylic acids is 1. The van der Waals surface area contributed by atoms with Gasteiger partial charge < -0.3 is 10.0 Å². The molecule has 0 aromatic carbocycles. The van der Waals surface area contributed by atoms with E-state index in [0.717, 1.165) is 6.54 Å². The van der Waals surface area contributed by atoms with Crippen molar-refractivity contribution in [3.8, 4) is 12.3 Å². The average Bonchev–Trinajstić information content (AvgIpc) is 3.00. The van der Waals surface area contributed by atoms with Gasteiger partial charge in [0.25, 0.3) is 0 Å². The van der Waals surface area contributed by atoms with Crippen LogP contribution in [0, 0.1) is 18.3 Å². The van der Waals surface area contributed by atoms with Crippen LogP contribution in [0.2, 0.25) is 0 Å². The fraction of sp³-hybridized carbons (Fsp3) is 0.667. The second-order valence-electron chi connectivity index (χ2n) is 4.17. The molecular formula is C12H17NO3. The second kappa shape index (κ2) is 6.16. The molecule has 0 aliphatic heterocycles. The van der Waals surface area contributed by atoms with Crippen molar-refractivity contribution in [3.63, 3.8) is 0 Å². The van der Waals surface area contributed by atoms with E-state index < -0.39 is 5.97 Å². The Hall–Kier alpha value is -1.50. The first-order valence-electron chi connectivity index (χ1n) is 5.56. The van der Waals surface area contributed by atoms with Gasteiger partial charge in [-0.3, -0.25) is 9.59 Å². The number of nitrogens with zero attached hydrogens (tertiary/aromatic N) is 1. The number of carbonyl (C=O) groups excluding carboxylic acids is 1. The van der Waals surface area contributed by atoms with Crippen LogP contribution in [0.5, 0.6) is 0 Å². The van der Waals surface area contributed by atoms with Crippen molar-refractivity contribution >= 4 is 11.9 Å². The lowest BCUT2D eigenvalue weighted by atomic mass is 10.2. The van der Waals surface area contributed by atoms with E-state index in [2.05, 4.69) is 5.92 Å². The van der Waals surface area contributed by atoms with E-state index in [4.69, 9.17) is 11.5 Å². The highest BCUT2D eigenvalue weighted by molar-refractivity contribution is 5.77. The average molecular weight is 223 g/mol. The SMILES string of the molecule is C#CCN(CC1CC1)C(=O)CCCC(=O)O. The summed E-state index contributed by atoms with van der Waals surface area (Å²) >= 11 is 0. The summed E-state index contributed by atoms with van der Waals surface area (Å²) < 4.78 is 0. The molecule has 1 amide bonds. The molecule has 1 aliphatic carbocycles. The van der Waals surface area contributed by atoms with E-state index in [0.29, 0.717) is 18.9 Å². The largest absolute Gasteiger partial charge is 0.481 e. The molecule has 16 heavy (non-hydrogen) atoms. The fourth-order valence-corrected chi connectivity index (χ4v) is 1.53. The quantitative estimate of drug-likeness (QED) is 0.658. The zero-order chi connectivity index (χ0) is 12.0. The second-order valence-corrected chi connectivity index (χ2v) is 4.17. The summed E-state index contributed by atoms with van der Waals surface area (Å²) in [6, 6.07) is 0.